The van der Waals surface area contributed by atoms with E-state index in [0.29, 0.717) is 0 Å². The molecule has 2 heterocycles. The second-order valence-electron chi connectivity index (χ2n) is 5.23. The first kappa shape index (κ1) is 15.5. The summed E-state index contributed by atoms with van der Waals surface area (Å²) in [6, 6.07) is 9.09. The number of nitrogens with two attached hydrogens (primary N) is 1. The van der Waals surface area contributed by atoms with Gasteiger partial charge in [-0.2, -0.15) is 5.10 Å². The van der Waals surface area contributed by atoms with Gasteiger partial charge in [0, 0.05) is 0 Å². The van der Waals surface area contributed by atoms with Gasteiger partial charge < -0.3 is 10.8 Å². The number of hydrogen-bond acceptors (Lipinski definition) is 5. The number of carboxylic acids is 1. The maximum Gasteiger partial charge on any atom is 0.305 e. The maximum atomic E-state index is 12.2. The highest BCUT2D eigenvalue weighted by atomic mass is 16.4. The minimum absolute atomic E-state index is 0.00819. The molecule has 3 rings (SSSR count). The van der Waals surface area contributed by atoms with Gasteiger partial charge in [-0.3, -0.25) is 19.7 Å². The SMILES string of the molecule is Nc1c2c(nn1CCC(=O)O)/C(=C\c1ccccc1)C(=O)NC2=O. The number of aromatic nitrogens is 2. The summed E-state index contributed by atoms with van der Waals surface area (Å²) in [6.45, 7) is 0.00819. The number of aliphatic carboxylic acids is 1. The lowest BCUT2D eigenvalue weighted by atomic mass is 10.00. The number of nitrogen functional groups attached to an aromatic ring is 1. The van der Waals surface area contributed by atoms with E-state index in [1.54, 1.807) is 18.2 Å². The lowest BCUT2D eigenvalue weighted by Crippen LogP contribution is -2.36. The van der Waals surface area contributed by atoms with Gasteiger partial charge in [-0.15, -0.1) is 0 Å². The van der Waals surface area contributed by atoms with Crippen molar-refractivity contribution in [3.8, 4) is 0 Å². The largest absolute Gasteiger partial charge is 0.481 e. The van der Waals surface area contributed by atoms with Crippen LogP contribution in [0, 0.1) is 0 Å². The lowest BCUT2D eigenvalue weighted by molar-refractivity contribution is -0.137. The maximum absolute atomic E-state index is 12.2. The van der Waals surface area contributed by atoms with Gasteiger partial charge >= 0.3 is 5.97 Å². The number of carboxylic acid groups (broad SMARTS) is 1. The average molecular weight is 326 g/mol. The van der Waals surface area contributed by atoms with Crippen molar-refractivity contribution >= 4 is 35.3 Å². The van der Waals surface area contributed by atoms with E-state index in [2.05, 4.69) is 10.4 Å². The smallest absolute Gasteiger partial charge is 0.305 e. The van der Waals surface area contributed by atoms with Crippen LogP contribution < -0.4 is 11.1 Å². The van der Waals surface area contributed by atoms with Crippen LogP contribution in [-0.2, 0) is 16.1 Å². The Morgan fingerprint density at radius 2 is 1.96 bits per heavy atom. The number of carbonyl (C=O) groups excluding carboxylic acids is 2. The highest BCUT2D eigenvalue weighted by Crippen LogP contribution is 2.29. The first-order valence-corrected chi connectivity index (χ1v) is 7.18. The highest BCUT2D eigenvalue weighted by Gasteiger charge is 2.33. The minimum atomic E-state index is -1.01. The second-order valence-corrected chi connectivity index (χ2v) is 5.23. The molecule has 0 saturated carbocycles. The summed E-state index contributed by atoms with van der Waals surface area (Å²) in [7, 11) is 0. The van der Waals surface area contributed by atoms with Crippen LogP contribution in [0.3, 0.4) is 0 Å². The Hall–Kier alpha value is -3.42. The normalized spacial score (nSPS) is 15.2. The molecule has 1 aromatic heterocycles. The molecule has 0 bridgehead atoms. The van der Waals surface area contributed by atoms with Crippen LogP contribution in [0.1, 0.15) is 28.0 Å². The number of hydrogen-bond donors (Lipinski definition) is 3. The molecule has 1 aliphatic rings. The Kier molecular flexibility index (Phi) is 3.87. The molecule has 0 radical (unpaired) electrons. The summed E-state index contributed by atoms with van der Waals surface area (Å²) in [6.07, 6.45) is 1.41. The molecule has 8 heteroatoms. The molecular formula is C16H14N4O4. The minimum Gasteiger partial charge on any atom is -0.481 e. The Bertz CT molecular complexity index is 868. The first-order valence-electron chi connectivity index (χ1n) is 7.18. The predicted octanol–water partition coefficient (Wildman–Crippen LogP) is 0.751. The zero-order valence-electron chi connectivity index (χ0n) is 12.5. The van der Waals surface area contributed by atoms with Crippen molar-refractivity contribution < 1.29 is 19.5 Å². The molecule has 1 aromatic carbocycles. The van der Waals surface area contributed by atoms with Gasteiger partial charge in [0.05, 0.1) is 18.5 Å². The molecule has 2 amide bonds. The van der Waals surface area contributed by atoms with Crippen LogP contribution in [0.5, 0.6) is 0 Å². The topological polar surface area (TPSA) is 127 Å². The van der Waals surface area contributed by atoms with Crippen molar-refractivity contribution in [1.29, 1.82) is 0 Å². The Balaban J connectivity index is 2.08. The zero-order valence-corrected chi connectivity index (χ0v) is 12.5. The second kappa shape index (κ2) is 5.99. The molecule has 0 fully saturated rings. The molecule has 1 aliphatic heterocycles. The molecule has 0 spiro atoms. The van der Waals surface area contributed by atoms with Crippen molar-refractivity contribution in [2.75, 3.05) is 5.73 Å². The fourth-order valence-corrected chi connectivity index (χ4v) is 2.45. The third kappa shape index (κ3) is 2.76. The molecule has 0 aliphatic carbocycles. The monoisotopic (exact) mass is 326 g/mol. The zero-order chi connectivity index (χ0) is 17.3. The Morgan fingerprint density at radius 3 is 2.62 bits per heavy atom. The Labute approximate surface area is 136 Å². The van der Waals surface area contributed by atoms with E-state index >= 15 is 0 Å². The van der Waals surface area contributed by atoms with Crippen LogP contribution in [0.2, 0.25) is 0 Å². The number of fused-ring (bicyclic) bond motifs is 1. The van der Waals surface area contributed by atoms with E-state index in [0.717, 1.165) is 5.56 Å². The van der Waals surface area contributed by atoms with Crippen LogP contribution in [0.4, 0.5) is 5.82 Å². The fourth-order valence-electron chi connectivity index (χ4n) is 2.45. The van der Waals surface area contributed by atoms with E-state index in [9.17, 15) is 14.4 Å². The van der Waals surface area contributed by atoms with Crippen molar-refractivity contribution in [1.82, 2.24) is 15.1 Å². The quantitative estimate of drug-likeness (QED) is 0.562. The first-order chi connectivity index (χ1) is 11.5. The number of anilines is 1. The van der Waals surface area contributed by atoms with Crippen LogP contribution in [0.25, 0.3) is 11.6 Å². The molecule has 122 valence electrons. The van der Waals surface area contributed by atoms with Gasteiger partial charge in [0.25, 0.3) is 11.8 Å². The molecule has 0 unspecified atom stereocenters. The van der Waals surface area contributed by atoms with E-state index < -0.39 is 17.8 Å². The Morgan fingerprint density at radius 1 is 1.25 bits per heavy atom. The van der Waals surface area contributed by atoms with Gasteiger partial charge in [0.15, 0.2) is 0 Å². The molecule has 8 nitrogen and oxygen atoms in total. The predicted molar refractivity (Wildman–Crippen MR) is 85.7 cm³/mol. The molecular weight excluding hydrogens is 312 g/mol. The average Bonchev–Trinajstić information content (AvgIpc) is 2.87. The third-order valence-corrected chi connectivity index (χ3v) is 3.59. The van der Waals surface area contributed by atoms with Gasteiger partial charge in [0.1, 0.15) is 17.1 Å². The van der Waals surface area contributed by atoms with Gasteiger partial charge in [-0.25, -0.2) is 4.68 Å². The molecule has 4 N–H and O–H groups in total. The van der Waals surface area contributed by atoms with Crippen molar-refractivity contribution in [2.24, 2.45) is 0 Å². The molecule has 0 atom stereocenters. The van der Waals surface area contributed by atoms with E-state index in [4.69, 9.17) is 10.8 Å². The summed E-state index contributed by atoms with van der Waals surface area (Å²) in [5, 5.41) is 15.2. The summed E-state index contributed by atoms with van der Waals surface area (Å²) < 4.78 is 1.23. The molecule has 2 aromatic rings. The third-order valence-electron chi connectivity index (χ3n) is 3.59. The van der Waals surface area contributed by atoms with E-state index in [-0.39, 0.29) is 35.6 Å². The van der Waals surface area contributed by atoms with E-state index in [1.807, 2.05) is 18.2 Å². The number of nitrogens with one attached hydrogen (secondary N) is 1. The summed E-state index contributed by atoms with van der Waals surface area (Å²) in [4.78, 5) is 35.0. The van der Waals surface area contributed by atoms with Gasteiger partial charge in [0.2, 0.25) is 0 Å². The standard InChI is InChI=1S/C16H14N4O4/c17-14-12-13(19-20(14)7-6-11(21)22)10(15(23)18-16(12)24)8-9-4-2-1-3-5-9/h1-5,8H,6-7,17H2,(H,21,22)(H,18,23,24)/b10-8+. The number of benzene rings is 1. The number of aryl methyl sites for hydroxylation is 1. The van der Waals surface area contributed by atoms with Gasteiger partial charge in [-0.05, 0) is 11.6 Å². The highest BCUT2D eigenvalue weighted by molar-refractivity contribution is 6.34. The number of imide groups is 1. The summed E-state index contributed by atoms with van der Waals surface area (Å²) in [5.74, 6) is -2.18. The lowest BCUT2D eigenvalue weighted by Gasteiger charge is -2.13. The van der Waals surface area contributed by atoms with Crippen LogP contribution in [0.15, 0.2) is 30.3 Å². The van der Waals surface area contributed by atoms with Crippen LogP contribution in [-0.4, -0.2) is 32.7 Å². The molecule has 0 saturated heterocycles. The van der Waals surface area contributed by atoms with Crippen molar-refractivity contribution in [3.05, 3.63) is 47.2 Å². The van der Waals surface area contributed by atoms with Crippen molar-refractivity contribution in [3.63, 3.8) is 0 Å². The number of carbonyl (C=O) groups is 3. The van der Waals surface area contributed by atoms with Crippen molar-refractivity contribution in [2.45, 2.75) is 13.0 Å². The summed E-state index contributed by atoms with van der Waals surface area (Å²) >= 11 is 0. The number of nitrogens with zero attached hydrogens (tertiary/aromatic N) is 2. The van der Waals surface area contributed by atoms with E-state index in [1.165, 1.54) is 4.68 Å². The molecule has 24 heavy (non-hydrogen) atoms. The number of amides is 2. The fraction of sp³-hybridized carbons (Fsp3) is 0.125. The van der Waals surface area contributed by atoms with Crippen LogP contribution >= 0.6 is 0 Å². The number of rotatable bonds is 4. The van der Waals surface area contributed by atoms with Gasteiger partial charge in [-0.1, -0.05) is 30.3 Å². The summed E-state index contributed by atoms with van der Waals surface area (Å²) in [5.41, 5.74) is 7.13.